The minimum Gasteiger partial charge on any atom is -0.378 e. The van der Waals surface area contributed by atoms with Gasteiger partial charge in [-0.25, -0.2) is 14.6 Å². The lowest BCUT2D eigenvalue weighted by Crippen LogP contribution is -2.26. The molecule has 0 aliphatic rings. The average molecular weight is 794 g/mol. The summed E-state index contributed by atoms with van der Waals surface area (Å²) < 4.78 is 9.96. The third kappa shape index (κ3) is 9.20. The summed E-state index contributed by atoms with van der Waals surface area (Å²) in [4.78, 5) is 23.2. The minimum absolute atomic E-state index is 0.164. The molecule has 55 heavy (non-hydrogen) atoms. The molecule has 3 aromatic carbocycles. The second-order valence-corrected chi connectivity index (χ2v) is 15.4. The number of halogens is 1. The van der Waals surface area contributed by atoms with Crippen molar-refractivity contribution in [3.63, 3.8) is 0 Å². The highest BCUT2D eigenvalue weighted by molar-refractivity contribution is 7.99. The molecular formula is C41H44ClN9O2S2. The number of nitrogens with zero attached hydrogens (tertiary/aromatic N) is 6. The maximum absolute atomic E-state index is 12.6. The molecule has 0 radical (unpaired) electrons. The first kappa shape index (κ1) is 38.5. The van der Waals surface area contributed by atoms with Gasteiger partial charge in [0.1, 0.15) is 0 Å². The van der Waals surface area contributed by atoms with Crippen LogP contribution >= 0.6 is 34.7 Å². The van der Waals surface area contributed by atoms with Gasteiger partial charge in [0.25, 0.3) is 0 Å². The lowest BCUT2D eigenvalue weighted by atomic mass is 10.1. The summed E-state index contributed by atoms with van der Waals surface area (Å²) in [7, 11) is 1.97. The van der Waals surface area contributed by atoms with Crippen LogP contribution in [0.1, 0.15) is 37.0 Å². The lowest BCUT2D eigenvalue weighted by molar-refractivity contribution is -0.116. The number of nitrogens with one attached hydrogen (secondary N) is 3. The quantitative estimate of drug-likeness (QED) is 0.0341. The summed E-state index contributed by atoms with van der Waals surface area (Å²) in [5, 5.41) is 24.2. The molecule has 7 aromatic rings. The zero-order chi connectivity index (χ0) is 38.1. The average Bonchev–Trinajstić information content (AvgIpc) is 3.92. The molecule has 0 saturated heterocycles. The van der Waals surface area contributed by atoms with Crippen molar-refractivity contribution in [2.45, 2.75) is 45.1 Å². The number of amides is 1. The molecule has 0 unspecified atom stereocenters. The van der Waals surface area contributed by atoms with Crippen LogP contribution in [0.15, 0.2) is 83.3 Å². The fraction of sp³-hybridized carbons (Fsp3) is 0.293. The first-order chi connectivity index (χ1) is 26.9. The van der Waals surface area contributed by atoms with Gasteiger partial charge in [0.15, 0.2) is 22.1 Å². The molecule has 0 saturated carbocycles. The molecule has 0 bridgehead atoms. The Kier molecular flexibility index (Phi) is 12.8. The summed E-state index contributed by atoms with van der Waals surface area (Å²) >= 11 is 9.35. The maximum Gasteiger partial charge on any atom is 0.244 e. The normalized spacial score (nSPS) is 11.8. The van der Waals surface area contributed by atoms with E-state index in [4.69, 9.17) is 26.3 Å². The van der Waals surface area contributed by atoms with Gasteiger partial charge >= 0.3 is 0 Å². The zero-order valence-electron chi connectivity index (χ0n) is 31.1. The van der Waals surface area contributed by atoms with Crippen LogP contribution < -0.4 is 16.0 Å². The second-order valence-electron chi connectivity index (χ2n) is 13.0. The minimum atomic E-state index is -0.164. The van der Waals surface area contributed by atoms with Gasteiger partial charge in [0.2, 0.25) is 5.91 Å². The van der Waals surface area contributed by atoms with Crippen LogP contribution in [0, 0.1) is 0 Å². The van der Waals surface area contributed by atoms with E-state index < -0.39 is 0 Å². The summed E-state index contributed by atoms with van der Waals surface area (Å²) in [6.45, 7) is 8.28. The molecule has 0 atom stereocenters. The first-order valence-corrected chi connectivity index (χ1v) is 20.7. The number of benzene rings is 3. The highest BCUT2D eigenvalue weighted by atomic mass is 35.5. The third-order valence-corrected chi connectivity index (χ3v) is 11.4. The second kappa shape index (κ2) is 18.2. The standard InChI is InChI=1S/C41H44ClN9O2S2/c1-4-20-54-41-46-39(38-40(47-41)51(49-48-38)25-27-6-11-31(42)12-7-27)45-17-19-53-18-16-44-37(52)15-9-29-22-36(55-26-29)30-10-13-32-33-21-28(24-43-3)8-14-34(33)50(5-2)35(32)23-30/h6-15,21-23,26,43H,4-5,16-20,24-25H2,1-3H3,(H,44,52)(H,45,46,47). The van der Waals surface area contributed by atoms with Gasteiger partial charge in [-0.15, -0.1) is 16.4 Å². The number of aryl methyl sites for hydroxylation is 1. The Balaban J connectivity index is 0.891. The molecule has 1 amide bonds. The van der Waals surface area contributed by atoms with E-state index >= 15 is 0 Å². The monoisotopic (exact) mass is 793 g/mol. The van der Waals surface area contributed by atoms with Gasteiger partial charge in [-0.1, -0.05) is 65.8 Å². The highest BCUT2D eigenvalue weighted by Crippen LogP contribution is 2.35. The lowest BCUT2D eigenvalue weighted by Gasteiger charge is -2.09. The predicted octanol–water partition coefficient (Wildman–Crippen LogP) is 8.26. The van der Waals surface area contributed by atoms with E-state index in [9.17, 15) is 4.79 Å². The molecule has 4 aromatic heterocycles. The molecule has 4 heterocycles. The van der Waals surface area contributed by atoms with E-state index in [2.05, 4.69) is 92.5 Å². The Morgan fingerprint density at radius 2 is 1.80 bits per heavy atom. The first-order valence-electron chi connectivity index (χ1n) is 18.5. The number of anilines is 1. The van der Waals surface area contributed by atoms with Crippen LogP contribution in [0.2, 0.25) is 5.02 Å². The Bertz CT molecular complexity index is 2440. The van der Waals surface area contributed by atoms with E-state index in [0.717, 1.165) is 41.3 Å². The number of ether oxygens (including phenoxy) is 1. The predicted molar refractivity (Wildman–Crippen MR) is 227 cm³/mol. The Morgan fingerprint density at radius 3 is 2.62 bits per heavy atom. The number of rotatable bonds is 18. The zero-order valence-corrected chi connectivity index (χ0v) is 33.5. The van der Waals surface area contributed by atoms with Crippen molar-refractivity contribution in [3.8, 4) is 10.4 Å². The number of carbonyl (C=O) groups is 1. The number of carbonyl (C=O) groups excluding carboxylic acids is 1. The number of thiophene rings is 1. The van der Waals surface area contributed by atoms with E-state index in [1.807, 2.05) is 37.4 Å². The van der Waals surface area contributed by atoms with Crippen molar-refractivity contribution in [1.82, 2.24) is 40.2 Å². The molecule has 11 nitrogen and oxygen atoms in total. The molecule has 0 aliphatic carbocycles. The van der Waals surface area contributed by atoms with Crippen molar-refractivity contribution >= 4 is 85.5 Å². The van der Waals surface area contributed by atoms with Crippen LogP contribution in [-0.4, -0.2) is 74.5 Å². The number of aromatic nitrogens is 6. The molecule has 284 valence electrons. The number of hydrogen-bond acceptors (Lipinski definition) is 10. The third-order valence-electron chi connectivity index (χ3n) is 9.07. The Hall–Kier alpha value is -4.79. The van der Waals surface area contributed by atoms with Crippen molar-refractivity contribution in [3.05, 3.63) is 99.9 Å². The fourth-order valence-corrected chi connectivity index (χ4v) is 8.15. The van der Waals surface area contributed by atoms with Gasteiger partial charge in [0.05, 0.1) is 19.8 Å². The number of fused-ring (bicyclic) bond motifs is 4. The van der Waals surface area contributed by atoms with Gasteiger partial charge in [-0.3, -0.25) is 4.79 Å². The van der Waals surface area contributed by atoms with Crippen molar-refractivity contribution in [1.29, 1.82) is 0 Å². The van der Waals surface area contributed by atoms with Crippen molar-refractivity contribution < 1.29 is 9.53 Å². The summed E-state index contributed by atoms with van der Waals surface area (Å²) in [6.07, 6.45) is 4.43. The highest BCUT2D eigenvalue weighted by Gasteiger charge is 2.16. The number of thioether (sulfide) groups is 1. The van der Waals surface area contributed by atoms with Crippen molar-refractivity contribution in [2.24, 2.45) is 0 Å². The van der Waals surface area contributed by atoms with Gasteiger partial charge in [-0.2, -0.15) is 0 Å². The van der Waals surface area contributed by atoms with Crippen LogP contribution in [0.5, 0.6) is 0 Å². The largest absolute Gasteiger partial charge is 0.378 e. The van der Waals surface area contributed by atoms with Crippen LogP contribution in [0.4, 0.5) is 5.82 Å². The van der Waals surface area contributed by atoms with E-state index in [-0.39, 0.29) is 5.91 Å². The SMILES string of the molecule is CCCSc1nc(NCCOCCNC(=O)C=Cc2csc(-c3ccc4c5cc(CNC)ccc5n(CC)c4c3)c2)c2nnn(Cc3ccc(Cl)cc3)c2n1. The van der Waals surface area contributed by atoms with Crippen LogP contribution in [-0.2, 0) is 29.2 Å². The Morgan fingerprint density at radius 1 is 0.964 bits per heavy atom. The maximum atomic E-state index is 12.6. The summed E-state index contributed by atoms with van der Waals surface area (Å²) in [5.41, 5.74) is 8.24. The fourth-order valence-electron chi connectivity index (χ4n) is 6.45. The smallest absolute Gasteiger partial charge is 0.244 e. The molecular weight excluding hydrogens is 750 g/mol. The molecule has 0 aliphatic heterocycles. The van der Waals surface area contributed by atoms with Crippen molar-refractivity contribution in [2.75, 3.05) is 44.4 Å². The summed E-state index contributed by atoms with van der Waals surface area (Å²) in [6, 6.07) is 23.2. The molecule has 14 heteroatoms. The van der Waals surface area contributed by atoms with E-state index in [1.165, 1.54) is 32.9 Å². The topological polar surface area (TPSA) is 124 Å². The van der Waals surface area contributed by atoms with E-state index in [0.29, 0.717) is 60.0 Å². The summed E-state index contributed by atoms with van der Waals surface area (Å²) in [5.74, 6) is 1.36. The van der Waals surface area contributed by atoms with Gasteiger partial charge < -0.3 is 25.3 Å². The Labute approximate surface area is 333 Å². The molecule has 0 spiro atoms. The van der Waals surface area contributed by atoms with Crippen LogP contribution in [0.3, 0.4) is 0 Å². The molecule has 0 fully saturated rings. The van der Waals surface area contributed by atoms with E-state index in [1.54, 1.807) is 33.9 Å². The molecule has 3 N–H and O–H groups in total. The van der Waals surface area contributed by atoms with Gasteiger partial charge in [-0.05, 0) is 90.5 Å². The number of hydrogen-bond donors (Lipinski definition) is 3. The van der Waals surface area contributed by atoms with Gasteiger partial charge in [0, 0.05) is 69.7 Å². The molecule has 7 rings (SSSR count). The van der Waals surface area contributed by atoms with Crippen LogP contribution in [0.25, 0.3) is 49.5 Å².